The lowest BCUT2D eigenvalue weighted by atomic mass is 10.0. The van der Waals surface area contributed by atoms with E-state index in [-0.39, 0.29) is 38.6 Å². The van der Waals surface area contributed by atoms with E-state index >= 15 is 0 Å². The van der Waals surface area contributed by atoms with Crippen LogP contribution >= 0.6 is 7.82 Å². The van der Waals surface area contributed by atoms with Crippen LogP contribution in [0.2, 0.25) is 0 Å². The zero-order valence-corrected chi connectivity index (χ0v) is 39.4. The molecule has 0 saturated heterocycles. The van der Waals surface area contributed by atoms with Gasteiger partial charge in [0, 0.05) is 19.4 Å². The molecule has 348 valence electrons. The number of ether oxygens (including phenoxy) is 2. The zero-order chi connectivity index (χ0) is 43.2. The Morgan fingerprint density at radius 3 is 1.32 bits per heavy atom. The normalized spacial score (nSPS) is 13.4. The smallest absolute Gasteiger partial charge is 0.462 e. The average molecular weight is 856 g/mol. The van der Waals surface area contributed by atoms with Crippen molar-refractivity contribution in [3.8, 4) is 0 Å². The van der Waals surface area contributed by atoms with Crippen molar-refractivity contribution in [3.63, 3.8) is 0 Å². The molecule has 0 aliphatic rings. The van der Waals surface area contributed by atoms with E-state index in [1.165, 1.54) is 161 Å². The fourth-order valence-electron chi connectivity index (χ4n) is 7.14. The van der Waals surface area contributed by atoms with E-state index < -0.39 is 26.5 Å². The maximum atomic E-state index is 12.6. The van der Waals surface area contributed by atoms with Crippen LogP contribution < -0.4 is 5.73 Å². The third-order valence-corrected chi connectivity index (χ3v) is 11.8. The predicted octanol–water partition coefficient (Wildman–Crippen LogP) is 14.7. The zero-order valence-electron chi connectivity index (χ0n) is 38.5. The van der Waals surface area contributed by atoms with E-state index in [9.17, 15) is 19.0 Å². The monoisotopic (exact) mass is 856 g/mol. The van der Waals surface area contributed by atoms with Crippen LogP contribution in [-0.2, 0) is 32.7 Å². The number of rotatable bonds is 47. The number of unbranched alkanes of at least 4 members (excludes halogenated alkanes) is 30. The molecule has 0 aliphatic carbocycles. The standard InChI is InChI=1S/C49H94NO8P/c1-3-5-7-9-11-13-15-17-19-21-22-23-24-26-27-29-31-33-35-37-39-41-48(51)55-45-47(46-57-59(53,54)56-44-43-50)58-49(52)42-40-38-36-34-32-30-28-25-20-18-16-14-12-10-8-6-4-2/h12,14,18,20,47H,3-11,13,15-17,19,21-46,50H2,1-2H3,(H,53,54)/b14-12+,20-18+/t47-/m1/s1. The molecule has 0 aromatic rings. The Morgan fingerprint density at radius 1 is 0.508 bits per heavy atom. The van der Waals surface area contributed by atoms with Gasteiger partial charge in [0.05, 0.1) is 13.2 Å². The van der Waals surface area contributed by atoms with Crippen molar-refractivity contribution < 1.29 is 37.6 Å². The van der Waals surface area contributed by atoms with Crippen molar-refractivity contribution in [2.45, 2.75) is 251 Å². The molecule has 9 nitrogen and oxygen atoms in total. The van der Waals surface area contributed by atoms with Gasteiger partial charge in [-0.2, -0.15) is 0 Å². The molecular formula is C49H94NO8P. The predicted molar refractivity (Wildman–Crippen MR) is 247 cm³/mol. The number of carbonyl (C=O) groups excluding carboxylic acids is 2. The molecule has 0 amide bonds. The molecule has 0 aliphatic heterocycles. The molecule has 0 saturated carbocycles. The highest BCUT2D eigenvalue weighted by molar-refractivity contribution is 7.47. The Balaban J connectivity index is 4.03. The third kappa shape index (κ3) is 45.8. The fourth-order valence-corrected chi connectivity index (χ4v) is 7.90. The minimum Gasteiger partial charge on any atom is -0.462 e. The molecule has 0 radical (unpaired) electrons. The lowest BCUT2D eigenvalue weighted by Gasteiger charge is -2.19. The van der Waals surface area contributed by atoms with E-state index in [1.807, 2.05) is 0 Å². The Labute approximate surface area is 363 Å². The second-order valence-corrected chi connectivity index (χ2v) is 18.1. The van der Waals surface area contributed by atoms with Crippen LogP contribution in [0.1, 0.15) is 245 Å². The molecule has 0 aromatic carbocycles. The summed E-state index contributed by atoms with van der Waals surface area (Å²) in [6, 6.07) is 0. The molecule has 0 heterocycles. The molecule has 2 atom stereocenters. The molecule has 0 aromatic heterocycles. The van der Waals surface area contributed by atoms with Crippen molar-refractivity contribution in [2.75, 3.05) is 26.4 Å². The van der Waals surface area contributed by atoms with Crippen LogP contribution in [-0.4, -0.2) is 49.3 Å². The second kappa shape index (κ2) is 46.0. The third-order valence-electron chi connectivity index (χ3n) is 10.8. The Morgan fingerprint density at radius 2 is 0.881 bits per heavy atom. The molecule has 10 heteroatoms. The van der Waals surface area contributed by atoms with E-state index in [1.54, 1.807) is 0 Å². The average Bonchev–Trinajstić information content (AvgIpc) is 3.22. The van der Waals surface area contributed by atoms with Crippen molar-refractivity contribution in [1.29, 1.82) is 0 Å². The van der Waals surface area contributed by atoms with Crippen LogP contribution in [0.3, 0.4) is 0 Å². The van der Waals surface area contributed by atoms with Gasteiger partial charge in [-0.1, -0.05) is 212 Å². The van der Waals surface area contributed by atoms with Gasteiger partial charge >= 0.3 is 19.8 Å². The summed E-state index contributed by atoms with van der Waals surface area (Å²) < 4.78 is 32.9. The summed E-state index contributed by atoms with van der Waals surface area (Å²) in [6.07, 6.45) is 50.7. The molecule has 1 unspecified atom stereocenters. The Bertz CT molecular complexity index is 1020. The number of phosphoric acid groups is 1. The van der Waals surface area contributed by atoms with Gasteiger partial charge in [-0.25, -0.2) is 4.57 Å². The molecule has 0 rings (SSSR count). The first kappa shape index (κ1) is 57.5. The maximum Gasteiger partial charge on any atom is 0.472 e. The number of nitrogens with two attached hydrogens (primary N) is 1. The minimum absolute atomic E-state index is 0.0538. The number of phosphoric ester groups is 1. The topological polar surface area (TPSA) is 134 Å². The second-order valence-electron chi connectivity index (χ2n) is 16.7. The van der Waals surface area contributed by atoms with E-state index in [4.69, 9.17) is 24.3 Å². The van der Waals surface area contributed by atoms with E-state index in [0.717, 1.165) is 51.4 Å². The van der Waals surface area contributed by atoms with Gasteiger partial charge < -0.3 is 20.1 Å². The molecule has 0 fully saturated rings. The van der Waals surface area contributed by atoms with Crippen LogP contribution in [0.15, 0.2) is 24.3 Å². The summed E-state index contributed by atoms with van der Waals surface area (Å²) in [5.74, 6) is -0.825. The van der Waals surface area contributed by atoms with Gasteiger partial charge in [0.2, 0.25) is 0 Å². The Hall–Kier alpha value is -1.51. The van der Waals surface area contributed by atoms with Crippen LogP contribution in [0, 0.1) is 0 Å². The number of esters is 2. The lowest BCUT2D eigenvalue weighted by molar-refractivity contribution is -0.161. The van der Waals surface area contributed by atoms with Gasteiger partial charge in [0.25, 0.3) is 0 Å². The lowest BCUT2D eigenvalue weighted by Crippen LogP contribution is -2.29. The highest BCUT2D eigenvalue weighted by Gasteiger charge is 2.26. The van der Waals surface area contributed by atoms with Gasteiger partial charge in [-0.05, 0) is 44.9 Å². The first-order chi connectivity index (χ1) is 28.8. The number of hydrogen-bond acceptors (Lipinski definition) is 8. The minimum atomic E-state index is -4.38. The van der Waals surface area contributed by atoms with E-state index in [2.05, 4.69) is 38.2 Å². The molecule has 0 spiro atoms. The maximum absolute atomic E-state index is 12.6. The first-order valence-electron chi connectivity index (χ1n) is 24.8. The fraction of sp³-hybridized carbons (Fsp3) is 0.878. The summed E-state index contributed by atoms with van der Waals surface area (Å²) in [6.45, 7) is 3.74. The molecule has 3 N–H and O–H groups in total. The van der Waals surface area contributed by atoms with Gasteiger partial charge in [0.1, 0.15) is 6.61 Å². The number of carbonyl (C=O) groups is 2. The number of allylic oxidation sites excluding steroid dienone is 4. The first-order valence-corrected chi connectivity index (χ1v) is 26.3. The van der Waals surface area contributed by atoms with Crippen molar-refractivity contribution in [1.82, 2.24) is 0 Å². The summed E-state index contributed by atoms with van der Waals surface area (Å²) in [5, 5.41) is 0. The van der Waals surface area contributed by atoms with Crippen LogP contribution in [0.4, 0.5) is 0 Å². The largest absolute Gasteiger partial charge is 0.472 e. The molecule has 0 bridgehead atoms. The van der Waals surface area contributed by atoms with Gasteiger partial charge in [0.15, 0.2) is 6.10 Å². The summed E-state index contributed by atoms with van der Waals surface area (Å²) in [5.41, 5.74) is 5.36. The van der Waals surface area contributed by atoms with Gasteiger partial charge in [-0.15, -0.1) is 0 Å². The molecule has 59 heavy (non-hydrogen) atoms. The SMILES string of the molecule is CCCCC/C=C/C/C=C/CCCCCCCCCC(=O)O[C@H](COC(=O)CCCCCCCCCCCCCCCCCCCCCCC)COP(=O)(O)OCCN. The van der Waals surface area contributed by atoms with Crippen LogP contribution in [0.5, 0.6) is 0 Å². The van der Waals surface area contributed by atoms with Crippen LogP contribution in [0.25, 0.3) is 0 Å². The van der Waals surface area contributed by atoms with Crippen molar-refractivity contribution in [3.05, 3.63) is 24.3 Å². The summed E-state index contributed by atoms with van der Waals surface area (Å²) >= 11 is 0. The molecular weight excluding hydrogens is 762 g/mol. The number of hydrogen-bond donors (Lipinski definition) is 2. The van der Waals surface area contributed by atoms with E-state index in [0.29, 0.717) is 6.42 Å². The summed E-state index contributed by atoms with van der Waals surface area (Å²) in [7, 11) is -4.38. The van der Waals surface area contributed by atoms with Gasteiger partial charge in [-0.3, -0.25) is 18.6 Å². The summed E-state index contributed by atoms with van der Waals surface area (Å²) in [4.78, 5) is 35.0. The quantitative estimate of drug-likeness (QED) is 0.0265. The van der Waals surface area contributed by atoms with Crippen molar-refractivity contribution >= 4 is 19.8 Å². The highest BCUT2D eigenvalue weighted by atomic mass is 31.2. The van der Waals surface area contributed by atoms with Crippen molar-refractivity contribution in [2.24, 2.45) is 5.73 Å². The highest BCUT2D eigenvalue weighted by Crippen LogP contribution is 2.43. The Kier molecular flexibility index (Phi) is 44.8.